The van der Waals surface area contributed by atoms with Gasteiger partial charge in [0.25, 0.3) is 0 Å². The second-order valence-electron chi connectivity index (χ2n) is 5.37. The average Bonchev–Trinajstić information content (AvgIpc) is 2.64. The molecule has 1 aliphatic rings. The standard InChI is InChI=1S/C10H20N2O/c1-9(2,3)12-8(13)7(11)10(4)5-6-10/h7H,5-6,11H2,1-4H3,(H,12,13). The summed E-state index contributed by atoms with van der Waals surface area (Å²) in [5.74, 6) is -0.0208. The summed E-state index contributed by atoms with van der Waals surface area (Å²) in [6.45, 7) is 7.96. The third-order valence-corrected chi connectivity index (χ3v) is 2.57. The molecule has 0 aromatic heterocycles. The SMILES string of the molecule is CC(C)(C)NC(=O)C(N)C1(C)CC1. The summed E-state index contributed by atoms with van der Waals surface area (Å²) >= 11 is 0. The van der Waals surface area contributed by atoms with E-state index >= 15 is 0 Å². The highest BCUT2D eigenvalue weighted by molar-refractivity contribution is 5.83. The van der Waals surface area contributed by atoms with E-state index in [2.05, 4.69) is 12.2 Å². The molecule has 3 nitrogen and oxygen atoms in total. The van der Waals surface area contributed by atoms with Gasteiger partial charge in [0.15, 0.2) is 0 Å². The Morgan fingerprint density at radius 2 is 1.92 bits per heavy atom. The van der Waals surface area contributed by atoms with E-state index < -0.39 is 0 Å². The van der Waals surface area contributed by atoms with Crippen molar-refractivity contribution >= 4 is 5.91 Å². The lowest BCUT2D eigenvalue weighted by Crippen LogP contribution is -2.51. The maximum Gasteiger partial charge on any atom is 0.237 e. The predicted molar refractivity (Wildman–Crippen MR) is 53.2 cm³/mol. The first-order chi connectivity index (χ1) is 5.75. The van der Waals surface area contributed by atoms with E-state index in [1.807, 2.05) is 20.8 Å². The number of carbonyl (C=O) groups excluding carboxylic acids is 1. The molecule has 1 saturated carbocycles. The van der Waals surface area contributed by atoms with Gasteiger partial charge in [0.1, 0.15) is 0 Å². The van der Waals surface area contributed by atoms with Crippen molar-refractivity contribution in [3.63, 3.8) is 0 Å². The number of carbonyl (C=O) groups is 1. The molecule has 0 radical (unpaired) electrons. The van der Waals surface area contributed by atoms with Gasteiger partial charge in [0, 0.05) is 5.54 Å². The fraction of sp³-hybridized carbons (Fsp3) is 0.900. The topological polar surface area (TPSA) is 55.1 Å². The Morgan fingerprint density at radius 3 is 2.23 bits per heavy atom. The molecule has 13 heavy (non-hydrogen) atoms. The molecule has 1 aliphatic carbocycles. The maximum absolute atomic E-state index is 11.6. The Bertz CT molecular complexity index is 213. The number of nitrogens with two attached hydrogens (primary N) is 1. The lowest BCUT2D eigenvalue weighted by atomic mass is 9.98. The van der Waals surface area contributed by atoms with Crippen molar-refractivity contribution in [1.82, 2.24) is 5.32 Å². The van der Waals surface area contributed by atoms with Gasteiger partial charge in [-0.05, 0) is 39.0 Å². The van der Waals surface area contributed by atoms with Crippen LogP contribution in [-0.2, 0) is 4.79 Å². The third kappa shape index (κ3) is 2.69. The molecular weight excluding hydrogens is 164 g/mol. The van der Waals surface area contributed by atoms with Gasteiger partial charge in [-0.25, -0.2) is 0 Å². The van der Waals surface area contributed by atoms with Gasteiger partial charge in [0.05, 0.1) is 6.04 Å². The third-order valence-electron chi connectivity index (χ3n) is 2.57. The number of amides is 1. The van der Waals surface area contributed by atoms with Gasteiger partial charge >= 0.3 is 0 Å². The summed E-state index contributed by atoms with van der Waals surface area (Å²) in [5.41, 5.74) is 5.74. The van der Waals surface area contributed by atoms with Crippen molar-refractivity contribution in [2.75, 3.05) is 0 Å². The number of nitrogens with one attached hydrogen (secondary N) is 1. The quantitative estimate of drug-likeness (QED) is 0.673. The second kappa shape index (κ2) is 2.98. The molecule has 1 unspecified atom stereocenters. The number of rotatable bonds is 2. The van der Waals surface area contributed by atoms with E-state index in [1.165, 1.54) is 0 Å². The van der Waals surface area contributed by atoms with E-state index in [1.54, 1.807) is 0 Å². The molecule has 76 valence electrons. The van der Waals surface area contributed by atoms with E-state index in [0.29, 0.717) is 0 Å². The summed E-state index contributed by atoms with van der Waals surface area (Å²) in [5, 5.41) is 2.90. The largest absolute Gasteiger partial charge is 0.350 e. The minimum Gasteiger partial charge on any atom is -0.350 e. The van der Waals surface area contributed by atoms with Crippen molar-refractivity contribution < 1.29 is 4.79 Å². The fourth-order valence-corrected chi connectivity index (χ4v) is 1.27. The highest BCUT2D eigenvalue weighted by Crippen LogP contribution is 2.47. The Hall–Kier alpha value is -0.570. The summed E-state index contributed by atoms with van der Waals surface area (Å²) in [6, 6.07) is -0.341. The molecular formula is C10H20N2O. The first-order valence-corrected chi connectivity index (χ1v) is 4.82. The van der Waals surface area contributed by atoms with Crippen molar-refractivity contribution in [3.05, 3.63) is 0 Å². The molecule has 0 saturated heterocycles. The maximum atomic E-state index is 11.6. The molecule has 1 atom stereocenters. The Balaban J connectivity index is 2.49. The zero-order valence-electron chi connectivity index (χ0n) is 8.98. The average molecular weight is 184 g/mol. The van der Waals surface area contributed by atoms with E-state index in [-0.39, 0.29) is 22.9 Å². The van der Waals surface area contributed by atoms with Gasteiger partial charge in [-0.2, -0.15) is 0 Å². The van der Waals surface area contributed by atoms with Gasteiger partial charge in [0.2, 0.25) is 5.91 Å². The fourth-order valence-electron chi connectivity index (χ4n) is 1.27. The van der Waals surface area contributed by atoms with Crippen molar-refractivity contribution in [2.45, 2.75) is 52.1 Å². The van der Waals surface area contributed by atoms with E-state index in [4.69, 9.17) is 5.73 Å². The van der Waals surface area contributed by atoms with Crippen LogP contribution in [-0.4, -0.2) is 17.5 Å². The van der Waals surface area contributed by atoms with E-state index in [0.717, 1.165) is 12.8 Å². The molecule has 0 bridgehead atoms. The van der Waals surface area contributed by atoms with Crippen LogP contribution < -0.4 is 11.1 Å². The zero-order chi connectivity index (χ0) is 10.3. The minimum absolute atomic E-state index is 0.0208. The van der Waals surface area contributed by atoms with Crippen LogP contribution in [0.15, 0.2) is 0 Å². The lowest BCUT2D eigenvalue weighted by molar-refractivity contribution is -0.125. The monoisotopic (exact) mass is 184 g/mol. The normalized spacial score (nSPS) is 22.2. The van der Waals surface area contributed by atoms with Crippen LogP contribution in [0.2, 0.25) is 0 Å². The Labute approximate surface area is 80.1 Å². The summed E-state index contributed by atoms with van der Waals surface area (Å²) < 4.78 is 0. The molecule has 0 aliphatic heterocycles. The second-order valence-corrected chi connectivity index (χ2v) is 5.37. The van der Waals surface area contributed by atoms with Crippen LogP contribution in [0.5, 0.6) is 0 Å². The first kappa shape index (κ1) is 10.5. The highest BCUT2D eigenvalue weighted by Gasteiger charge is 2.46. The van der Waals surface area contributed by atoms with E-state index in [9.17, 15) is 4.79 Å². The molecule has 1 fully saturated rings. The molecule has 1 rings (SSSR count). The first-order valence-electron chi connectivity index (χ1n) is 4.82. The van der Waals surface area contributed by atoms with Crippen molar-refractivity contribution in [2.24, 2.45) is 11.1 Å². The number of hydrogen-bond donors (Lipinski definition) is 2. The molecule has 0 aromatic carbocycles. The van der Waals surface area contributed by atoms with Crippen LogP contribution in [0, 0.1) is 5.41 Å². The van der Waals surface area contributed by atoms with Crippen molar-refractivity contribution in [3.8, 4) is 0 Å². The molecule has 0 spiro atoms. The summed E-state index contributed by atoms with van der Waals surface area (Å²) in [7, 11) is 0. The van der Waals surface area contributed by atoms with Gasteiger partial charge < -0.3 is 11.1 Å². The molecule has 0 heterocycles. The molecule has 0 aromatic rings. The van der Waals surface area contributed by atoms with Crippen LogP contribution in [0.3, 0.4) is 0 Å². The Morgan fingerprint density at radius 1 is 1.46 bits per heavy atom. The summed E-state index contributed by atoms with van der Waals surface area (Å²) in [4.78, 5) is 11.6. The lowest BCUT2D eigenvalue weighted by Gasteiger charge is -2.25. The van der Waals surface area contributed by atoms with Crippen LogP contribution in [0.25, 0.3) is 0 Å². The van der Waals surface area contributed by atoms with Crippen LogP contribution in [0.1, 0.15) is 40.5 Å². The Kier molecular flexibility index (Phi) is 2.41. The molecule has 1 amide bonds. The summed E-state index contributed by atoms with van der Waals surface area (Å²) in [6.07, 6.45) is 2.15. The smallest absolute Gasteiger partial charge is 0.237 e. The van der Waals surface area contributed by atoms with Gasteiger partial charge in [-0.3, -0.25) is 4.79 Å². The minimum atomic E-state index is -0.341. The van der Waals surface area contributed by atoms with Crippen LogP contribution >= 0.6 is 0 Å². The van der Waals surface area contributed by atoms with Gasteiger partial charge in [-0.1, -0.05) is 6.92 Å². The predicted octanol–water partition coefficient (Wildman–Crippen LogP) is 1.03. The molecule has 3 heteroatoms. The van der Waals surface area contributed by atoms with Crippen LogP contribution in [0.4, 0.5) is 0 Å². The number of hydrogen-bond acceptors (Lipinski definition) is 2. The zero-order valence-corrected chi connectivity index (χ0v) is 8.98. The molecule has 3 N–H and O–H groups in total. The van der Waals surface area contributed by atoms with Crippen molar-refractivity contribution in [1.29, 1.82) is 0 Å². The van der Waals surface area contributed by atoms with Gasteiger partial charge in [-0.15, -0.1) is 0 Å². The highest BCUT2D eigenvalue weighted by atomic mass is 16.2.